The molecular weight excluding hydrogens is 236 g/mol. The lowest BCUT2D eigenvalue weighted by Crippen LogP contribution is -2.17. The Morgan fingerprint density at radius 2 is 2.35 bits per heavy atom. The van der Waals surface area contributed by atoms with Crippen LogP contribution in [0, 0.1) is 0 Å². The zero-order chi connectivity index (χ0) is 11.5. The topological polar surface area (TPSA) is 79.4 Å². The summed E-state index contributed by atoms with van der Waals surface area (Å²) in [5.74, 6) is 0. The van der Waals surface area contributed by atoms with Crippen molar-refractivity contribution in [2.24, 2.45) is 0 Å². The lowest BCUT2D eigenvalue weighted by atomic mass is 10.3. The zero-order valence-electron chi connectivity index (χ0n) is 9.39. The monoisotopic (exact) mass is 250 g/mol. The number of nitrogens with one attached hydrogen (secondary N) is 2. The predicted molar refractivity (Wildman–Crippen MR) is 64.6 cm³/mol. The van der Waals surface area contributed by atoms with E-state index in [1.165, 1.54) is 12.8 Å². The molecule has 0 bridgehead atoms. The van der Waals surface area contributed by atoms with E-state index in [1.807, 2.05) is 0 Å². The Morgan fingerprint density at radius 1 is 1.41 bits per heavy atom. The maximum Gasteiger partial charge on any atom is 0.169 e. The van der Waals surface area contributed by atoms with Gasteiger partial charge in [0.25, 0.3) is 0 Å². The summed E-state index contributed by atoms with van der Waals surface area (Å²) in [4.78, 5) is 0. The molecule has 3 rings (SSSR count). The minimum atomic E-state index is 0.768. The van der Waals surface area contributed by atoms with Gasteiger partial charge in [-0.25, -0.2) is 0 Å². The van der Waals surface area contributed by atoms with Crippen LogP contribution in [0.15, 0.2) is 6.20 Å². The molecule has 17 heavy (non-hydrogen) atoms. The van der Waals surface area contributed by atoms with Crippen molar-refractivity contribution in [2.45, 2.75) is 31.7 Å². The number of aryl methyl sites for hydroxylation is 1. The molecule has 0 spiro atoms. The summed E-state index contributed by atoms with van der Waals surface area (Å²) in [5.41, 5.74) is 0.768. The van der Waals surface area contributed by atoms with E-state index in [0.717, 1.165) is 41.1 Å². The van der Waals surface area contributed by atoms with Crippen molar-refractivity contribution in [1.29, 1.82) is 0 Å². The molecule has 0 aromatic carbocycles. The summed E-state index contributed by atoms with van der Waals surface area (Å²) >= 11 is 1.59. The van der Waals surface area contributed by atoms with Crippen LogP contribution < -0.4 is 5.32 Å². The molecule has 1 fully saturated rings. The molecule has 2 aromatic rings. The average molecular weight is 250 g/mol. The molecule has 0 amide bonds. The van der Waals surface area contributed by atoms with Crippen LogP contribution in [0.5, 0.6) is 0 Å². The SMILES string of the molecule is c1n[nH]nc1-c1nnc(CCCNC2CC2)s1. The molecule has 1 aliphatic carbocycles. The van der Waals surface area contributed by atoms with Gasteiger partial charge in [-0.15, -0.1) is 10.2 Å². The zero-order valence-corrected chi connectivity index (χ0v) is 10.2. The van der Waals surface area contributed by atoms with Gasteiger partial charge < -0.3 is 5.32 Å². The Morgan fingerprint density at radius 3 is 3.12 bits per heavy atom. The third-order valence-corrected chi connectivity index (χ3v) is 3.68. The van der Waals surface area contributed by atoms with Crippen molar-refractivity contribution in [3.8, 4) is 10.7 Å². The number of hydrogen-bond acceptors (Lipinski definition) is 6. The van der Waals surface area contributed by atoms with E-state index >= 15 is 0 Å². The highest BCUT2D eigenvalue weighted by Crippen LogP contribution is 2.21. The maximum atomic E-state index is 4.16. The summed E-state index contributed by atoms with van der Waals surface area (Å²) in [6.45, 7) is 1.07. The summed E-state index contributed by atoms with van der Waals surface area (Å²) in [6, 6.07) is 0.787. The Labute approximate surface area is 103 Å². The second-order valence-corrected chi connectivity index (χ2v) is 5.25. The van der Waals surface area contributed by atoms with Crippen LogP contribution in [0.4, 0.5) is 0 Å². The molecule has 2 N–H and O–H groups in total. The molecule has 0 unspecified atom stereocenters. The minimum absolute atomic E-state index is 0.768. The normalized spacial score (nSPS) is 15.3. The second-order valence-electron chi connectivity index (χ2n) is 4.19. The van der Waals surface area contributed by atoms with Gasteiger partial charge in [0, 0.05) is 12.5 Å². The van der Waals surface area contributed by atoms with Gasteiger partial charge in [-0.1, -0.05) is 11.3 Å². The van der Waals surface area contributed by atoms with E-state index in [2.05, 4.69) is 30.9 Å². The number of H-pyrrole nitrogens is 1. The quantitative estimate of drug-likeness (QED) is 0.748. The predicted octanol–water partition coefficient (Wildman–Crippen LogP) is 1.01. The van der Waals surface area contributed by atoms with Gasteiger partial charge in [0.05, 0.1) is 6.20 Å². The lowest BCUT2D eigenvalue weighted by molar-refractivity contribution is 0.643. The fourth-order valence-corrected chi connectivity index (χ4v) is 2.43. The Balaban J connectivity index is 1.50. The van der Waals surface area contributed by atoms with Crippen LogP contribution in [-0.4, -0.2) is 38.2 Å². The maximum absolute atomic E-state index is 4.16. The van der Waals surface area contributed by atoms with Crippen molar-refractivity contribution < 1.29 is 0 Å². The standard InChI is InChI=1S/C10H14N6S/c1(5-11-7-3-4-7)2-9-14-15-10(17-9)8-6-12-16-13-8/h6-7,11H,1-5H2,(H,12,13,16). The largest absolute Gasteiger partial charge is 0.314 e. The number of aromatic nitrogens is 5. The summed E-state index contributed by atoms with van der Waals surface area (Å²) in [5, 5.41) is 24.0. The highest BCUT2D eigenvalue weighted by molar-refractivity contribution is 7.14. The van der Waals surface area contributed by atoms with Gasteiger partial charge in [-0.3, -0.25) is 0 Å². The molecule has 1 aliphatic rings. The molecule has 0 saturated heterocycles. The molecule has 6 nitrogen and oxygen atoms in total. The fourth-order valence-electron chi connectivity index (χ4n) is 1.60. The summed E-state index contributed by atoms with van der Waals surface area (Å²) in [7, 11) is 0. The highest BCUT2D eigenvalue weighted by Gasteiger charge is 2.19. The van der Waals surface area contributed by atoms with Gasteiger partial charge in [0.1, 0.15) is 10.7 Å². The van der Waals surface area contributed by atoms with E-state index in [-0.39, 0.29) is 0 Å². The minimum Gasteiger partial charge on any atom is -0.314 e. The number of nitrogens with zero attached hydrogens (tertiary/aromatic N) is 4. The van der Waals surface area contributed by atoms with Crippen LogP contribution >= 0.6 is 11.3 Å². The molecule has 7 heteroatoms. The van der Waals surface area contributed by atoms with Crippen LogP contribution in [0.2, 0.25) is 0 Å². The third kappa shape index (κ3) is 2.86. The third-order valence-electron chi connectivity index (χ3n) is 2.68. The van der Waals surface area contributed by atoms with E-state index in [9.17, 15) is 0 Å². The summed E-state index contributed by atoms with van der Waals surface area (Å²) < 4.78 is 0. The Bertz CT molecular complexity index is 461. The van der Waals surface area contributed by atoms with Gasteiger partial charge in [0.15, 0.2) is 5.01 Å². The number of aromatic amines is 1. The first-order chi connectivity index (χ1) is 8.42. The van der Waals surface area contributed by atoms with Gasteiger partial charge in [0.2, 0.25) is 0 Å². The molecule has 0 radical (unpaired) electrons. The van der Waals surface area contributed by atoms with Crippen LogP contribution in [0.1, 0.15) is 24.3 Å². The average Bonchev–Trinajstić information content (AvgIpc) is 2.84. The van der Waals surface area contributed by atoms with Crippen molar-refractivity contribution in [3.63, 3.8) is 0 Å². The molecule has 90 valence electrons. The molecular formula is C10H14N6S. The van der Waals surface area contributed by atoms with E-state index in [0.29, 0.717) is 0 Å². The Hall–Kier alpha value is -1.34. The highest BCUT2D eigenvalue weighted by atomic mass is 32.1. The van der Waals surface area contributed by atoms with Crippen LogP contribution in [0.25, 0.3) is 10.7 Å². The van der Waals surface area contributed by atoms with E-state index in [4.69, 9.17) is 0 Å². The fraction of sp³-hybridized carbons (Fsp3) is 0.600. The molecule has 1 saturated carbocycles. The van der Waals surface area contributed by atoms with E-state index in [1.54, 1.807) is 17.5 Å². The van der Waals surface area contributed by atoms with Crippen LogP contribution in [0.3, 0.4) is 0 Å². The first-order valence-corrected chi connectivity index (χ1v) is 6.65. The molecule has 0 aliphatic heterocycles. The Kier molecular flexibility index (Phi) is 3.10. The first-order valence-electron chi connectivity index (χ1n) is 5.84. The smallest absolute Gasteiger partial charge is 0.169 e. The van der Waals surface area contributed by atoms with E-state index < -0.39 is 0 Å². The van der Waals surface area contributed by atoms with Crippen molar-refractivity contribution >= 4 is 11.3 Å². The molecule has 0 atom stereocenters. The van der Waals surface area contributed by atoms with Crippen molar-refractivity contribution in [3.05, 3.63) is 11.2 Å². The van der Waals surface area contributed by atoms with Gasteiger partial charge >= 0.3 is 0 Å². The summed E-state index contributed by atoms with van der Waals surface area (Å²) in [6.07, 6.45) is 6.45. The van der Waals surface area contributed by atoms with Gasteiger partial charge in [-0.2, -0.15) is 15.4 Å². The van der Waals surface area contributed by atoms with Crippen molar-refractivity contribution in [1.82, 2.24) is 30.9 Å². The van der Waals surface area contributed by atoms with Gasteiger partial charge in [-0.05, 0) is 25.8 Å². The second kappa shape index (κ2) is 4.89. The van der Waals surface area contributed by atoms with Crippen LogP contribution in [-0.2, 0) is 6.42 Å². The number of hydrogen-bond donors (Lipinski definition) is 2. The molecule has 2 aromatic heterocycles. The van der Waals surface area contributed by atoms with Crippen molar-refractivity contribution in [2.75, 3.05) is 6.54 Å². The molecule has 2 heterocycles. The lowest BCUT2D eigenvalue weighted by Gasteiger charge is -1.99. The first kappa shape index (κ1) is 10.8. The number of rotatable bonds is 6.